The first kappa shape index (κ1) is 13.8. The Morgan fingerprint density at radius 1 is 1.05 bits per heavy atom. The molecule has 3 nitrogen and oxygen atoms in total. The zero-order valence-electron chi connectivity index (χ0n) is 12.0. The molecular formula is C18H18O3. The molecule has 0 bridgehead atoms. The Labute approximate surface area is 124 Å². The van der Waals surface area contributed by atoms with Gasteiger partial charge in [-0.25, -0.2) is 0 Å². The lowest BCUT2D eigenvalue weighted by atomic mass is 9.96. The van der Waals surface area contributed by atoms with Crippen LogP contribution in [0.1, 0.15) is 23.7 Å². The smallest absolute Gasteiger partial charge is 0.191 e. The van der Waals surface area contributed by atoms with E-state index in [1.54, 1.807) is 12.1 Å². The number of hydrogen-bond donors (Lipinski definition) is 0. The van der Waals surface area contributed by atoms with E-state index >= 15 is 0 Å². The fourth-order valence-electron chi connectivity index (χ4n) is 2.51. The summed E-state index contributed by atoms with van der Waals surface area (Å²) in [4.78, 5) is 12.4. The Bertz CT molecular complexity index is 604. The molecule has 2 atom stereocenters. The number of carbonyl (C=O) groups is 1. The molecule has 0 radical (unpaired) electrons. The van der Waals surface area contributed by atoms with Gasteiger partial charge >= 0.3 is 0 Å². The van der Waals surface area contributed by atoms with Crippen molar-refractivity contribution >= 4 is 5.78 Å². The summed E-state index contributed by atoms with van der Waals surface area (Å²) in [5, 5.41) is 0. The van der Waals surface area contributed by atoms with Crippen molar-refractivity contribution in [2.24, 2.45) is 5.92 Å². The quantitative estimate of drug-likeness (QED) is 0.792. The Balaban J connectivity index is 1.70. The van der Waals surface area contributed by atoms with E-state index < -0.39 is 0 Å². The van der Waals surface area contributed by atoms with E-state index in [4.69, 9.17) is 9.47 Å². The monoisotopic (exact) mass is 282 g/mol. The first-order valence-electron chi connectivity index (χ1n) is 7.23. The molecule has 1 fully saturated rings. The Morgan fingerprint density at radius 3 is 2.33 bits per heavy atom. The molecule has 2 aromatic carbocycles. The molecule has 2 unspecified atom stereocenters. The van der Waals surface area contributed by atoms with Gasteiger partial charge < -0.3 is 9.47 Å². The van der Waals surface area contributed by atoms with Gasteiger partial charge in [0.25, 0.3) is 0 Å². The molecule has 1 aliphatic rings. The highest BCUT2D eigenvalue weighted by Gasteiger charge is 2.31. The van der Waals surface area contributed by atoms with Gasteiger partial charge in [-0.05, 0) is 48.7 Å². The summed E-state index contributed by atoms with van der Waals surface area (Å²) < 4.78 is 11.2. The lowest BCUT2D eigenvalue weighted by Gasteiger charge is -2.13. The van der Waals surface area contributed by atoms with Gasteiger partial charge in [-0.2, -0.15) is 0 Å². The van der Waals surface area contributed by atoms with Crippen LogP contribution < -0.4 is 4.74 Å². The molecule has 1 saturated heterocycles. The number of benzene rings is 2. The number of ketones is 1. The zero-order chi connectivity index (χ0) is 14.7. The van der Waals surface area contributed by atoms with Crippen molar-refractivity contribution in [2.45, 2.75) is 19.4 Å². The average molecular weight is 282 g/mol. The molecule has 0 aliphatic carbocycles. The molecule has 21 heavy (non-hydrogen) atoms. The van der Waals surface area contributed by atoms with Gasteiger partial charge in [0.15, 0.2) is 5.78 Å². The lowest BCUT2D eigenvalue weighted by Crippen LogP contribution is -2.25. The van der Waals surface area contributed by atoms with Gasteiger partial charge in [0, 0.05) is 12.2 Å². The molecule has 3 rings (SSSR count). The molecule has 0 aromatic heterocycles. The maximum absolute atomic E-state index is 12.4. The van der Waals surface area contributed by atoms with E-state index in [0.717, 1.165) is 17.9 Å². The minimum Gasteiger partial charge on any atom is -0.457 e. The van der Waals surface area contributed by atoms with E-state index in [2.05, 4.69) is 6.92 Å². The summed E-state index contributed by atoms with van der Waals surface area (Å²) in [6, 6.07) is 16.8. The van der Waals surface area contributed by atoms with Crippen molar-refractivity contribution < 1.29 is 14.3 Å². The summed E-state index contributed by atoms with van der Waals surface area (Å²) in [6.07, 6.45) is 0.650. The number of hydrogen-bond acceptors (Lipinski definition) is 3. The van der Waals surface area contributed by atoms with Crippen LogP contribution in [0.5, 0.6) is 11.5 Å². The van der Waals surface area contributed by atoms with Gasteiger partial charge in [0.1, 0.15) is 17.6 Å². The number of ether oxygens (including phenoxy) is 2. The SMILES string of the molecule is CC1CCOC1C(=O)c1ccc(Oc2ccccc2)cc1. The van der Waals surface area contributed by atoms with E-state index in [0.29, 0.717) is 12.2 Å². The number of para-hydroxylation sites is 1. The second kappa shape index (κ2) is 6.10. The first-order chi connectivity index (χ1) is 10.2. The van der Waals surface area contributed by atoms with Crippen LogP contribution in [-0.4, -0.2) is 18.5 Å². The Morgan fingerprint density at radius 2 is 1.71 bits per heavy atom. The third-order valence-corrected chi connectivity index (χ3v) is 3.76. The van der Waals surface area contributed by atoms with Gasteiger partial charge in [-0.15, -0.1) is 0 Å². The van der Waals surface area contributed by atoms with Crippen LogP contribution >= 0.6 is 0 Å². The van der Waals surface area contributed by atoms with Crippen molar-refractivity contribution in [2.75, 3.05) is 6.61 Å². The minimum absolute atomic E-state index is 0.0614. The molecular weight excluding hydrogens is 264 g/mol. The highest BCUT2D eigenvalue weighted by Crippen LogP contribution is 2.25. The second-order valence-electron chi connectivity index (χ2n) is 5.36. The van der Waals surface area contributed by atoms with E-state index in [-0.39, 0.29) is 17.8 Å². The van der Waals surface area contributed by atoms with Crippen LogP contribution in [0.25, 0.3) is 0 Å². The third-order valence-electron chi connectivity index (χ3n) is 3.76. The van der Waals surface area contributed by atoms with Crippen LogP contribution in [0, 0.1) is 5.92 Å². The lowest BCUT2D eigenvalue weighted by molar-refractivity contribution is 0.0579. The molecule has 108 valence electrons. The standard InChI is InChI=1S/C18H18O3/c1-13-11-12-20-18(13)17(19)14-7-9-16(10-8-14)21-15-5-3-2-4-6-15/h2-10,13,18H,11-12H2,1H3. The van der Waals surface area contributed by atoms with Crippen LogP contribution in [-0.2, 0) is 4.74 Å². The maximum Gasteiger partial charge on any atom is 0.191 e. The van der Waals surface area contributed by atoms with Crippen LogP contribution in [0.4, 0.5) is 0 Å². The minimum atomic E-state index is -0.300. The molecule has 1 heterocycles. The number of rotatable bonds is 4. The molecule has 0 spiro atoms. The highest BCUT2D eigenvalue weighted by molar-refractivity contribution is 5.99. The summed E-state index contributed by atoms with van der Waals surface area (Å²) >= 11 is 0. The second-order valence-corrected chi connectivity index (χ2v) is 5.36. The molecule has 3 heteroatoms. The highest BCUT2D eigenvalue weighted by atomic mass is 16.5. The van der Waals surface area contributed by atoms with Crippen molar-refractivity contribution in [3.63, 3.8) is 0 Å². The first-order valence-corrected chi connectivity index (χ1v) is 7.23. The summed E-state index contributed by atoms with van der Waals surface area (Å²) in [7, 11) is 0. The molecule has 0 saturated carbocycles. The van der Waals surface area contributed by atoms with Gasteiger partial charge in [-0.1, -0.05) is 25.1 Å². The van der Waals surface area contributed by atoms with Crippen molar-refractivity contribution in [1.29, 1.82) is 0 Å². The van der Waals surface area contributed by atoms with Crippen LogP contribution in [0.2, 0.25) is 0 Å². The normalized spacial score (nSPS) is 21.2. The van der Waals surface area contributed by atoms with Crippen molar-refractivity contribution in [3.05, 3.63) is 60.2 Å². The summed E-state index contributed by atoms with van der Waals surface area (Å²) in [6.45, 7) is 2.73. The number of carbonyl (C=O) groups excluding carboxylic acids is 1. The fourth-order valence-corrected chi connectivity index (χ4v) is 2.51. The van der Waals surface area contributed by atoms with Crippen LogP contribution in [0.15, 0.2) is 54.6 Å². The van der Waals surface area contributed by atoms with Gasteiger partial charge in [0.2, 0.25) is 0 Å². The summed E-state index contributed by atoms with van der Waals surface area (Å²) in [5.41, 5.74) is 0.675. The van der Waals surface area contributed by atoms with E-state index in [9.17, 15) is 4.79 Å². The topological polar surface area (TPSA) is 35.5 Å². The van der Waals surface area contributed by atoms with Gasteiger partial charge in [-0.3, -0.25) is 4.79 Å². The van der Waals surface area contributed by atoms with E-state index in [1.165, 1.54) is 0 Å². The Kier molecular flexibility index (Phi) is 4.02. The predicted octanol–water partition coefficient (Wildman–Crippen LogP) is 4.09. The van der Waals surface area contributed by atoms with Crippen molar-refractivity contribution in [1.82, 2.24) is 0 Å². The molecule has 0 N–H and O–H groups in total. The maximum atomic E-state index is 12.4. The van der Waals surface area contributed by atoms with Crippen molar-refractivity contribution in [3.8, 4) is 11.5 Å². The van der Waals surface area contributed by atoms with Gasteiger partial charge in [0.05, 0.1) is 0 Å². The molecule has 0 amide bonds. The number of Topliss-reactive ketones (excluding diaryl/α,β-unsaturated/α-hetero) is 1. The predicted molar refractivity (Wildman–Crippen MR) is 80.8 cm³/mol. The summed E-state index contributed by atoms with van der Waals surface area (Å²) in [5.74, 6) is 1.85. The van der Waals surface area contributed by atoms with E-state index in [1.807, 2.05) is 42.5 Å². The Hall–Kier alpha value is -2.13. The average Bonchev–Trinajstić information content (AvgIpc) is 2.94. The fraction of sp³-hybridized carbons (Fsp3) is 0.278. The van der Waals surface area contributed by atoms with Crippen LogP contribution in [0.3, 0.4) is 0 Å². The molecule has 1 aliphatic heterocycles. The molecule has 2 aromatic rings. The zero-order valence-corrected chi connectivity index (χ0v) is 12.0. The largest absolute Gasteiger partial charge is 0.457 e. The third kappa shape index (κ3) is 3.14.